The van der Waals surface area contributed by atoms with Crippen LogP contribution in [0.5, 0.6) is 5.75 Å². The number of aromatic nitrogens is 1. The molecule has 2 atom stereocenters. The summed E-state index contributed by atoms with van der Waals surface area (Å²) in [4.78, 5) is 14.9. The number of carbonyl (C=O) groups is 1. The van der Waals surface area contributed by atoms with Crippen molar-refractivity contribution in [3.8, 4) is 5.75 Å². The van der Waals surface area contributed by atoms with Gasteiger partial charge in [0.15, 0.2) is 0 Å². The Morgan fingerprint density at radius 3 is 3.00 bits per heavy atom. The lowest BCUT2D eigenvalue weighted by Gasteiger charge is -2.31. The van der Waals surface area contributed by atoms with Crippen molar-refractivity contribution in [3.63, 3.8) is 0 Å². The van der Waals surface area contributed by atoms with Crippen LogP contribution in [0, 0.1) is 5.92 Å². The summed E-state index contributed by atoms with van der Waals surface area (Å²) in [6.45, 7) is 2.16. The van der Waals surface area contributed by atoms with Crippen LogP contribution in [0.1, 0.15) is 49.4 Å². The topological polar surface area (TPSA) is 59.4 Å². The fourth-order valence-electron chi connectivity index (χ4n) is 2.60. The van der Waals surface area contributed by atoms with E-state index in [0.29, 0.717) is 11.7 Å². The number of hydrogen-bond acceptors (Lipinski definition) is 3. The van der Waals surface area contributed by atoms with Gasteiger partial charge in [-0.25, -0.2) is 4.79 Å². The molecule has 4 nitrogen and oxygen atoms in total. The first-order valence-electron chi connectivity index (χ1n) is 6.56. The Bertz CT molecular complexity index is 419. The minimum absolute atomic E-state index is 0.143. The largest absolute Gasteiger partial charge is 0.489 e. The number of carboxylic acids is 1. The van der Waals surface area contributed by atoms with E-state index < -0.39 is 5.97 Å². The third-order valence-corrected chi connectivity index (χ3v) is 3.65. The highest BCUT2D eigenvalue weighted by molar-refractivity contribution is 5.90. The Hall–Kier alpha value is -1.58. The summed E-state index contributed by atoms with van der Waals surface area (Å²) < 4.78 is 5.93. The van der Waals surface area contributed by atoms with Crippen LogP contribution < -0.4 is 4.74 Å². The van der Waals surface area contributed by atoms with Crippen LogP contribution in [0.2, 0.25) is 0 Å². The average molecular weight is 249 g/mol. The molecule has 0 aromatic carbocycles. The van der Waals surface area contributed by atoms with Crippen molar-refractivity contribution in [1.82, 2.24) is 4.98 Å². The van der Waals surface area contributed by atoms with Crippen LogP contribution in [-0.4, -0.2) is 22.2 Å². The first-order valence-corrected chi connectivity index (χ1v) is 6.56. The number of hydrogen-bond donors (Lipinski definition) is 1. The Kier molecular flexibility index (Phi) is 4.18. The first-order chi connectivity index (χ1) is 8.72. The van der Waals surface area contributed by atoms with Gasteiger partial charge in [0.2, 0.25) is 0 Å². The molecule has 1 saturated carbocycles. The Morgan fingerprint density at radius 1 is 1.50 bits per heavy atom. The molecule has 0 saturated heterocycles. The number of rotatable bonds is 4. The molecule has 98 valence electrons. The summed E-state index contributed by atoms with van der Waals surface area (Å²) in [7, 11) is 0. The van der Waals surface area contributed by atoms with Gasteiger partial charge >= 0.3 is 5.97 Å². The molecule has 0 bridgehead atoms. The van der Waals surface area contributed by atoms with Crippen molar-refractivity contribution in [1.29, 1.82) is 0 Å². The second-order valence-corrected chi connectivity index (χ2v) is 4.79. The van der Waals surface area contributed by atoms with Crippen LogP contribution >= 0.6 is 0 Å². The van der Waals surface area contributed by atoms with Crippen molar-refractivity contribution >= 4 is 5.97 Å². The van der Waals surface area contributed by atoms with Gasteiger partial charge in [-0.05, 0) is 37.7 Å². The molecule has 0 amide bonds. The van der Waals surface area contributed by atoms with Crippen LogP contribution in [0.4, 0.5) is 0 Å². The van der Waals surface area contributed by atoms with Crippen LogP contribution in [0.25, 0.3) is 0 Å². The molecule has 1 aliphatic rings. The predicted molar refractivity (Wildman–Crippen MR) is 67.9 cm³/mol. The number of ether oxygens (including phenoxy) is 1. The van der Waals surface area contributed by atoms with E-state index in [0.717, 1.165) is 19.3 Å². The SMILES string of the molecule is CCC1CCCCC1Oc1ccncc1C(=O)O. The standard InChI is InChI=1S/C14H19NO3/c1-2-10-5-3-4-6-12(10)18-13-7-8-15-9-11(13)14(16)17/h7-10,12H,2-6H2,1H3,(H,16,17). The highest BCUT2D eigenvalue weighted by Crippen LogP contribution is 2.31. The second-order valence-electron chi connectivity index (χ2n) is 4.79. The fraction of sp³-hybridized carbons (Fsp3) is 0.571. The van der Waals surface area contributed by atoms with E-state index in [1.807, 2.05) is 0 Å². The average Bonchev–Trinajstić information content (AvgIpc) is 2.40. The van der Waals surface area contributed by atoms with Crippen LogP contribution in [0.3, 0.4) is 0 Å². The minimum atomic E-state index is -0.984. The molecule has 0 radical (unpaired) electrons. The molecule has 4 heteroatoms. The molecular weight excluding hydrogens is 230 g/mol. The molecule has 2 unspecified atom stereocenters. The van der Waals surface area contributed by atoms with Crippen molar-refractivity contribution in [2.75, 3.05) is 0 Å². The molecule has 1 N–H and O–H groups in total. The zero-order chi connectivity index (χ0) is 13.0. The molecule has 18 heavy (non-hydrogen) atoms. The number of aromatic carboxylic acids is 1. The number of pyridine rings is 1. The fourth-order valence-corrected chi connectivity index (χ4v) is 2.60. The highest BCUT2D eigenvalue weighted by atomic mass is 16.5. The third-order valence-electron chi connectivity index (χ3n) is 3.65. The summed E-state index contributed by atoms with van der Waals surface area (Å²) in [5.41, 5.74) is 0.151. The van der Waals surface area contributed by atoms with Gasteiger partial charge in [0.05, 0.1) is 0 Å². The van der Waals surface area contributed by atoms with E-state index in [1.165, 1.54) is 19.0 Å². The van der Waals surface area contributed by atoms with Crippen molar-refractivity contribution < 1.29 is 14.6 Å². The van der Waals surface area contributed by atoms with E-state index in [1.54, 1.807) is 12.3 Å². The summed E-state index contributed by atoms with van der Waals surface area (Å²) >= 11 is 0. The molecule has 1 fully saturated rings. The lowest BCUT2D eigenvalue weighted by atomic mass is 9.85. The molecule has 0 spiro atoms. The van der Waals surface area contributed by atoms with E-state index in [9.17, 15) is 4.79 Å². The van der Waals surface area contributed by atoms with Crippen molar-refractivity contribution in [2.45, 2.75) is 45.1 Å². The zero-order valence-electron chi connectivity index (χ0n) is 10.6. The number of nitrogens with zero attached hydrogens (tertiary/aromatic N) is 1. The van der Waals surface area contributed by atoms with Gasteiger partial charge in [-0.15, -0.1) is 0 Å². The van der Waals surface area contributed by atoms with Gasteiger partial charge < -0.3 is 9.84 Å². The lowest BCUT2D eigenvalue weighted by Crippen LogP contribution is -2.30. The Labute approximate surface area is 107 Å². The highest BCUT2D eigenvalue weighted by Gasteiger charge is 2.26. The van der Waals surface area contributed by atoms with Gasteiger partial charge in [0.25, 0.3) is 0 Å². The third kappa shape index (κ3) is 2.81. The maximum Gasteiger partial charge on any atom is 0.341 e. The molecular formula is C14H19NO3. The summed E-state index contributed by atoms with van der Waals surface area (Å²) in [6.07, 6.45) is 8.75. The smallest absolute Gasteiger partial charge is 0.341 e. The van der Waals surface area contributed by atoms with E-state index >= 15 is 0 Å². The molecule has 1 aliphatic carbocycles. The molecule has 0 aliphatic heterocycles. The first kappa shape index (κ1) is 12.9. The van der Waals surface area contributed by atoms with Crippen LogP contribution in [0.15, 0.2) is 18.5 Å². The Morgan fingerprint density at radius 2 is 2.28 bits per heavy atom. The molecule has 1 aromatic heterocycles. The summed E-state index contributed by atoms with van der Waals surface area (Å²) in [5, 5.41) is 9.10. The van der Waals surface area contributed by atoms with E-state index in [-0.39, 0.29) is 11.7 Å². The van der Waals surface area contributed by atoms with Gasteiger partial charge in [-0.1, -0.05) is 13.3 Å². The predicted octanol–water partition coefficient (Wildman–Crippen LogP) is 3.13. The Balaban J connectivity index is 2.15. The number of carboxylic acid groups (broad SMARTS) is 1. The normalized spacial score (nSPS) is 23.6. The van der Waals surface area contributed by atoms with Gasteiger partial charge in [0, 0.05) is 12.4 Å². The lowest BCUT2D eigenvalue weighted by molar-refractivity contribution is 0.0663. The quantitative estimate of drug-likeness (QED) is 0.890. The maximum absolute atomic E-state index is 11.1. The zero-order valence-corrected chi connectivity index (χ0v) is 10.6. The maximum atomic E-state index is 11.1. The van der Waals surface area contributed by atoms with Gasteiger partial charge in [0.1, 0.15) is 17.4 Å². The van der Waals surface area contributed by atoms with E-state index in [2.05, 4.69) is 11.9 Å². The minimum Gasteiger partial charge on any atom is -0.489 e. The second kappa shape index (κ2) is 5.85. The summed E-state index contributed by atoms with van der Waals surface area (Å²) in [5.74, 6) is -0.00151. The van der Waals surface area contributed by atoms with Crippen molar-refractivity contribution in [2.24, 2.45) is 5.92 Å². The summed E-state index contributed by atoms with van der Waals surface area (Å²) in [6, 6.07) is 1.64. The van der Waals surface area contributed by atoms with E-state index in [4.69, 9.17) is 9.84 Å². The van der Waals surface area contributed by atoms with Crippen LogP contribution in [-0.2, 0) is 0 Å². The van der Waals surface area contributed by atoms with Crippen molar-refractivity contribution in [3.05, 3.63) is 24.0 Å². The van der Waals surface area contributed by atoms with Gasteiger partial charge in [-0.3, -0.25) is 4.98 Å². The van der Waals surface area contributed by atoms with Gasteiger partial charge in [-0.2, -0.15) is 0 Å². The molecule has 1 heterocycles. The monoisotopic (exact) mass is 249 g/mol. The molecule has 1 aromatic rings. The molecule has 2 rings (SSSR count).